The molecule has 10 heteroatoms. The Labute approximate surface area is 181 Å². The van der Waals surface area contributed by atoms with E-state index in [0.29, 0.717) is 27.4 Å². The van der Waals surface area contributed by atoms with E-state index in [1.54, 1.807) is 54.6 Å². The number of fused-ring (bicyclic) bond motifs is 2. The van der Waals surface area contributed by atoms with Crippen LogP contribution in [0.2, 0.25) is 0 Å². The number of rotatable bonds is 5. The molecule has 4 heterocycles. The fourth-order valence-corrected chi connectivity index (χ4v) is 4.12. The Bertz CT molecular complexity index is 1300. The lowest BCUT2D eigenvalue weighted by Crippen LogP contribution is -2.51. The van der Waals surface area contributed by atoms with E-state index in [1.165, 1.54) is 0 Å². The maximum Gasteiger partial charge on any atom is 0.737 e. The molecule has 2 aliphatic rings. The highest BCUT2D eigenvalue weighted by Gasteiger charge is 2.52. The van der Waals surface area contributed by atoms with Crippen molar-refractivity contribution in [3.05, 3.63) is 89.4 Å². The van der Waals surface area contributed by atoms with Crippen molar-refractivity contribution < 1.29 is 33.0 Å². The van der Waals surface area contributed by atoms with Gasteiger partial charge in [-0.1, -0.05) is 18.2 Å². The van der Waals surface area contributed by atoms with Crippen LogP contribution in [-0.4, -0.2) is 42.6 Å². The van der Waals surface area contributed by atoms with Crippen LogP contribution in [0.4, 0.5) is 8.63 Å². The summed E-state index contributed by atoms with van der Waals surface area (Å²) in [4.78, 5) is 17.1. The van der Waals surface area contributed by atoms with Gasteiger partial charge < -0.3 is 32.6 Å². The van der Waals surface area contributed by atoms with Gasteiger partial charge in [-0.15, -0.1) is 4.73 Å². The van der Waals surface area contributed by atoms with Crippen LogP contribution in [0.1, 0.15) is 23.4 Å². The molecule has 32 heavy (non-hydrogen) atoms. The summed E-state index contributed by atoms with van der Waals surface area (Å²) >= 11 is 0. The van der Waals surface area contributed by atoms with Crippen LogP contribution in [0.15, 0.2) is 72.4 Å². The van der Waals surface area contributed by atoms with Crippen molar-refractivity contribution in [1.82, 2.24) is 9.21 Å². The van der Waals surface area contributed by atoms with Crippen LogP contribution in [0.25, 0.3) is 6.08 Å². The van der Waals surface area contributed by atoms with Crippen LogP contribution < -0.4 is 4.84 Å². The van der Waals surface area contributed by atoms with E-state index < -0.39 is 24.7 Å². The maximum atomic E-state index is 15.8. The molecule has 0 spiro atoms. The summed E-state index contributed by atoms with van der Waals surface area (Å²) in [7, 11) is 0. The van der Waals surface area contributed by atoms with Crippen LogP contribution in [-0.2, 0) is 11.2 Å². The molecule has 3 aromatic rings. The first kappa shape index (κ1) is 19.9. The number of nitrogens with zero attached hydrogens (tertiary/aromatic N) is 3. The maximum absolute atomic E-state index is 15.8. The molecule has 162 valence electrons. The molecule has 1 aromatic carbocycles. The number of aryl methyl sites for hydroxylation is 1. The minimum Gasteiger partial charge on any atom is -0.492 e. The lowest BCUT2D eigenvalue weighted by atomic mass is 9.89. The number of halogens is 2. The monoisotopic (exact) mass is 437 g/mol. The van der Waals surface area contributed by atoms with Gasteiger partial charge in [0.2, 0.25) is 11.8 Å². The van der Waals surface area contributed by atoms with E-state index >= 15 is 8.63 Å². The summed E-state index contributed by atoms with van der Waals surface area (Å²) in [5.74, 6) is -1.69. The Morgan fingerprint density at radius 1 is 1.00 bits per heavy atom. The first-order chi connectivity index (χ1) is 15.4. The van der Waals surface area contributed by atoms with Gasteiger partial charge in [0.1, 0.15) is 0 Å². The van der Waals surface area contributed by atoms with E-state index in [0.717, 1.165) is 21.1 Å². The third-order valence-electron chi connectivity index (χ3n) is 5.55. The molecular formula is C22H18BF2N3O4. The van der Waals surface area contributed by atoms with Crippen molar-refractivity contribution >= 4 is 24.7 Å². The van der Waals surface area contributed by atoms with Crippen molar-refractivity contribution in [2.45, 2.75) is 12.8 Å². The van der Waals surface area contributed by atoms with Gasteiger partial charge in [0.15, 0.2) is 11.4 Å². The molecule has 2 N–H and O–H groups in total. The van der Waals surface area contributed by atoms with Crippen LogP contribution in [0, 0.1) is 0 Å². The number of aromatic hydroxyl groups is 2. The number of aromatic nitrogens is 2. The third-order valence-corrected chi connectivity index (χ3v) is 5.55. The Hall–Kier alpha value is -4.08. The summed E-state index contributed by atoms with van der Waals surface area (Å²) in [6.45, 7) is -4.20. The third kappa shape index (κ3) is 3.11. The molecule has 2 aliphatic heterocycles. The average Bonchev–Trinajstić information content (AvgIpc) is 3.47. The van der Waals surface area contributed by atoms with Crippen LogP contribution in [0.3, 0.4) is 0 Å². The van der Waals surface area contributed by atoms with E-state index in [9.17, 15) is 15.0 Å². The molecule has 2 aromatic heterocycles. The average molecular weight is 437 g/mol. The first-order valence-electron chi connectivity index (χ1n) is 10.0. The summed E-state index contributed by atoms with van der Waals surface area (Å²) in [5, 5.41) is 19.1. The number of carbonyl (C=O) groups excluding carboxylic acids is 1. The summed E-state index contributed by atoms with van der Waals surface area (Å²) in [6, 6.07) is 14.5. The predicted molar refractivity (Wildman–Crippen MR) is 113 cm³/mol. The lowest BCUT2D eigenvalue weighted by molar-refractivity contribution is -0.360. The molecule has 0 fully saturated rings. The molecule has 5 rings (SSSR count). The molecule has 0 unspecified atom stereocenters. The Morgan fingerprint density at radius 3 is 2.44 bits per heavy atom. The van der Waals surface area contributed by atoms with Crippen molar-refractivity contribution in [1.29, 1.82) is 0 Å². The second-order valence-corrected chi connectivity index (χ2v) is 7.54. The van der Waals surface area contributed by atoms with E-state index in [4.69, 9.17) is 4.84 Å². The van der Waals surface area contributed by atoms with Gasteiger partial charge in [-0.3, -0.25) is 0 Å². The standard InChI is InChI=1S/C22H18BF2N3O4/c24-23(25)26-16(9-13-22(31)32-28-20(29)11-12-21(28)30)6-7-17(26)14-18-8-10-19(27(18)23)15-4-2-1-3-5-15/h1-8,10-12,14,29-30H,9,13H2. The van der Waals surface area contributed by atoms with Gasteiger partial charge in [-0.25, -0.2) is 4.79 Å². The fraction of sp³-hybridized carbons (Fsp3) is 0.0909. The smallest absolute Gasteiger partial charge is 0.492 e. The quantitative estimate of drug-likeness (QED) is 0.602. The van der Waals surface area contributed by atoms with Crippen molar-refractivity contribution in [3.63, 3.8) is 0 Å². The number of hydrogen-bond donors (Lipinski definition) is 2. The molecule has 0 atom stereocenters. The Kier molecular flexibility index (Phi) is 4.51. The largest absolute Gasteiger partial charge is 0.737 e. The fourth-order valence-electron chi connectivity index (χ4n) is 4.12. The molecule has 0 saturated heterocycles. The Balaban J connectivity index is 1.43. The topological polar surface area (TPSA) is 79.6 Å². The molecule has 0 aliphatic carbocycles. The zero-order valence-corrected chi connectivity index (χ0v) is 16.7. The highest BCUT2D eigenvalue weighted by molar-refractivity contribution is 6.58. The van der Waals surface area contributed by atoms with Crippen molar-refractivity contribution in [3.8, 4) is 11.8 Å². The van der Waals surface area contributed by atoms with Gasteiger partial charge in [-0.05, 0) is 36.4 Å². The minimum atomic E-state index is -4.20. The molecular weight excluding hydrogens is 419 g/mol. The molecule has 0 amide bonds. The van der Waals surface area contributed by atoms with Gasteiger partial charge >= 0.3 is 12.9 Å². The lowest BCUT2D eigenvalue weighted by Gasteiger charge is -2.30. The zero-order valence-electron chi connectivity index (χ0n) is 16.7. The second-order valence-electron chi connectivity index (χ2n) is 7.54. The predicted octanol–water partition coefficient (Wildman–Crippen LogP) is 2.94. The van der Waals surface area contributed by atoms with Gasteiger partial charge in [0.05, 0.1) is 6.42 Å². The number of carbonyl (C=O) groups is 1. The molecule has 7 nitrogen and oxygen atoms in total. The van der Waals surface area contributed by atoms with Gasteiger partial charge in [0, 0.05) is 41.6 Å². The molecule has 0 saturated carbocycles. The van der Waals surface area contributed by atoms with Crippen LogP contribution in [0.5, 0.6) is 11.8 Å². The van der Waals surface area contributed by atoms with Gasteiger partial charge in [0.25, 0.3) is 0 Å². The van der Waals surface area contributed by atoms with E-state index in [1.807, 2.05) is 6.07 Å². The minimum absolute atomic E-state index is 0.00984. The van der Waals surface area contributed by atoms with E-state index in [2.05, 4.69) is 0 Å². The highest BCUT2D eigenvalue weighted by Crippen LogP contribution is 2.33. The second kappa shape index (κ2) is 7.26. The number of benzene rings is 1. The van der Waals surface area contributed by atoms with Gasteiger partial charge in [-0.2, -0.15) is 0 Å². The number of hydrogen-bond acceptors (Lipinski definition) is 4. The molecule has 0 bridgehead atoms. The Morgan fingerprint density at radius 2 is 1.72 bits per heavy atom. The number of allylic oxidation sites excluding steroid dienone is 2. The van der Waals surface area contributed by atoms with Crippen molar-refractivity contribution in [2.75, 3.05) is 0 Å². The zero-order chi connectivity index (χ0) is 22.5. The first-order valence-corrected chi connectivity index (χ1v) is 10.0. The summed E-state index contributed by atoms with van der Waals surface area (Å²) in [6.07, 6.45) is 4.79. The van der Waals surface area contributed by atoms with Crippen LogP contribution >= 0.6 is 0 Å². The SMILES string of the molecule is O=C(CCc1ccc2n1[B-](F)(F)[N+]1=C(c3ccccc3)C=CC1=C2)On1c(O)ccc1O. The summed E-state index contributed by atoms with van der Waals surface area (Å²) < 4.78 is 34.1. The van der Waals surface area contributed by atoms with Crippen molar-refractivity contribution in [2.24, 2.45) is 0 Å². The van der Waals surface area contributed by atoms with E-state index in [-0.39, 0.29) is 18.5 Å². The normalized spacial score (nSPS) is 16.0. The molecule has 0 radical (unpaired) electrons. The summed E-state index contributed by atoms with van der Waals surface area (Å²) in [5.41, 5.74) is 2.12. The highest BCUT2D eigenvalue weighted by atomic mass is 19.2.